The normalized spacial score (nSPS) is 14.0. The van der Waals surface area contributed by atoms with Crippen molar-refractivity contribution in [2.45, 2.75) is 29.5 Å². The molecule has 2 N–H and O–H groups in total. The first-order valence-corrected chi connectivity index (χ1v) is 8.31. The molecule has 0 spiro atoms. The quantitative estimate of drug-likeness (QED) is 0.721. The van der Waals surface area contributed by atoms with Crippen molar-refractivity contribution < 1.29 is 8.78 Å². The fraction of sp³-hybridized carbons (Fsp3) is 0.250. The van der Waals surface area contributed by atoms with E-state index in [1.807, 2.05) is 31.2 Å². The highest BCUT2D eigenvalue weighted by Gasteiger charge is 2.21. The second-order valence-electron chi connectivity index (χ2n) is 4.74. The zero-order chi connectivity index (χ0) is 15.4. The van der Waals surface area contributed by atoms with Gasteiger partial charge >= 0.3 is 0 Å². The van der Waals surface area contributed by atoms with Crippen molar-refractivity contribution in [1.29, 1.82) is 0 Å². The van der Waals surface area contributed by atoms with Gasteiger partial charge in [-0.25, -0.2) is 8.78 Å². The van der Waals surface area contributed by atoms with Crippen LogP contribution in [0.1, 0.15) is 24.2 Å². The molecule has 0 saturated heterocycles. The average Bonchev–Trinajstić information content (AvgIpc) is 2.45. The van der Waals surface area contributed by atoms with E-state index in [4.69, 9.17) is 5.73 Å². The second-order valence-corrected chi connectivity index (χ2v) is 6.84. The summed E-state index contributed by atoms with van der Waals surface area (Å²) in [5.74, 6) is -1.13. The number of rotatable bonds is 5. The molecule has 0 aliphatic heterocycles. The number of thioether (sulfide) groups is 1. The fourth-order valence-corrected chi connectivity index (χ4v) is 3.67. The molecule has 2 unspecified atom stereocenters. The van der Waals surface area contributed by atoms with Crippen molar-refractivity contribution in [3.05, 3.63) is 64.1 Å². The van der Waals surface area contributed by atoms with Gasteiger partial charge in [0.05, 0.1) is 0 Å². The first-order valence-electron chi connectivity index (χ1n) is 6.64. The molecule has 0 bridgehead atoms. The van der Waals surface area contributed by atoms with Crippen LogP contribution in [0, 0.1) is 11.6 Å². The largest absolute Gasteiger partial charge is 0.326 e. The highest BCUT2D eigenvalue weighted by atomic mass is 79.9. The van der Waals surface area contributed by atoms with Crippen molar-refractivity contribution in [3.63, 3.8) is 0 Å². The average molecular weight is 372 g/mol. The van der Waals surface area contributed by atoms with Gasteiger partial charge in [-0.1, -0.05) is 35.0 Å². The number of nitrogens with two attached hydrogens (primary N) is 1. The Balaban J connectivity index is 2.33. The Morgan fingerprint density at radius 3 is 2.57 bits per heavy atom. The highest BCUT2D eigenvalue weighted by Crippen LogP contribution is 2.39. The molecule has 112 valence electrons. The first-order chi connectivity index (χ1) is 10.0. The van der Waals surface area contributed by atoms with E-state index in [2.05, 4.69) is 15.9 Å². The molecule has 21 heavy (non-hydrogen) atoms. The van der Waals surface area contributed by atoms with Crippen LogP contribution in [0.15, 0.2) is 51.8 Å². The summed E-state index contributed by atoms with van der Waals surface area (Å²) in [6.07, 6.45) is 0.771. The Hall–Kier alpha value is -0.910. The van der Waals surface area contributed by atoms with Gasteiger partial charge in [0, 0.05) is 26.7 Å². The molecule has 2 aromatic carbocycles. The standard InChI is InChI=1S/C16H16BrF2NS/c1-2-14(20)16(10-4-3-5-11(17)8-10)21-15-7-6-12(18)9-13(15)19/h3-9,14,16H,2,20H2,1H3. The van der Waals surface area contributed by atoms with Gasteiger partial charge in [-0.3, -0.25) is 0 Å². The molecular weight excluding hydrogens is 356 g/mol. The number of halogens is 3. The van der Waals surface area contributed by atoms with Crippen molar-refractivity contribution in [2.24, 2.45) is 5.73 Å². The van der Waals surface area contributed by atoms with Crippen LogP contribution in [-0.2, 0) is 0 Å². The molecule has 0 aromatic heterocycles. The lowest BCUT2D eigenvalue weighted by molar-refractivity contribution is 0.564. The molecule has 2 aromatic rings. The Labute approximate surface area is 136 Å². The minimum atomic E-state index is -0.573. The van der Waals surface area contributed by atoms with Crippen LogP contribution in [0.3, 0.4) is 0 Å². The third-order valence-electron chi connectivity index (χ3n) is 3.19. The summed E-state index contributed by atoms with van der Waals surface area (Å²) in [5, 5.41) is -0.0903. The zero-order valence-electron chi connectivity index (χ0n) is 11.5. The van der Waals surface area contributed by atoms with Gasteiger partial charge in [-0.05, 0) is 36.2 Å². The van der Waals surface area contributed by atoms with Gasteiger partial charge < -0.3 is 5.73 Å². The molecule has 0 fully saturated rings. The maximum absolute atomic E-state index is 13.9. The molecule has 5 heteroatoms. The molecule has 0 amide bonds. The van der Waals surface area contributed by atoms with Crippen molar-refractivity contribution in [1.82, 2.24) is 0 Å². The van der Waals surface area contributed by atoms with E-state index >= 15 is 0 Å². The molecule has 0 heterocycles. The molecule has 2 atom stereocenters. The Morgan fingerprint density at radius 2 is 1.95 bits per heavy atom. The predicted octanol–water partition coefficient (Wildman–Crippen LogP) is 5.30. The van der Waals surface area contributed by atoms with Crippen LogP contribution in [0.25, 0.3) is 0 Å². The minimum absolute atomic E-state index is 0.0903. The lowest BCUT2D eigenvalue weighted by Crippen LogP contribution is -2.25. The van der Waals surface area contributed by atoms with Gasteiger partial charge in [0.15, 0.2) is 0 Å². The summed E-state index contributed by atoms with van der Waals surface area (Å²) < 4.78 is 27.8. The molecule has 0 radical (unpaired) electrons. The summed E-state index contributed by atoms with van der Waals surface area (Å²) in [6.45, 7) is 2.00. The number of benzene rings is 2. The van der Waals surface area contributed by atoms with Crippen LogP contribution in [-0.4, -0.2) is 6.04 Å². The molecule has 2 rings (SSSR count). The van der Waals surface area contributed by atoms with E-state index in [0.29, 0.717) is 4.90 Å². The van der Waals surface area contributed by atoms with Crippen LogP contribution >= 0.6 is 27.7 Å². The summed E-state index contributed by atoms with van der Waals surface area (Å²) in [4.78, 5) is 0.408. The molecule has 0 aliphatic rings. The highest BCUT2D eigenvalue weighted by molar-refractivity contribution is 9.10. The third kappa shape index (κ3) is 4.28. The van der Waals surface area contributed by atoms with E-state index in [-0.39, 0.29) is 11.3 Å². The first kappa shape index (κ1) is 16.5. The van der Waals surface area contributed by atoms with E-state index in [9.17, 15) is 8.78 Å². The van der Waals surface area contributed by atoms with Crippen LogP contribution < -0.4 is 5.73 Å². The van der Waals surface area contributed by atoms with Crippen molar-refractivity contribution in [2.75, 3.05) is 0 Å². The smallest absolute Gasteiger partial charge is 0.139 e. The molecule has 1 nitrogen and oxygen atoms in total. The van der Waals surface area contributed by atoms with Gasteiger partial charge in [-0.15, -0.1) is 11.8 Å². The fourth-order valence-electron chi connectivity index (χ4n) is 2.01. The van der Waals surface area contributed by atoms with Crippen molar-refractivity contribution in [3.8, 4) is 0 Å². The molecular formula is C16H16BrF2NS. The Kier molecular flexibility index (Phi) is 5.79. The lowest BCUT2D eigenvalue weighted by atomic mass is 10.0. The molecule has 0 aliphatic carbocycles. The summed E-state index contributed by atoms with van der Waals surface area (Å²) in [5.41, 5.74) is 7.22. The summed E-state index contributed by atoms with van der Waals surface area (Å²) >= 11 is 4.77. The van der Waals surface area contributed by atoms with Crippen LogP contribution in [0.5, 0.6) is 0 Å². The van der Waals surface area contributed by atoms with Gasteiger partial charge in [0.1, 0.15) is 11.6 Å². The van der Waals surface area contributed by atoms with Gasteiger partial charge in [-0.2, -0.15) is 0 Å². The zero-order valence-corrected chi connectivity index (χ0v) is 13.9. The van der Waals surface area contributed by atoms with Crippen molar-refractivity contribution >= 4 is 27.7 Å². The van der Waals surface area contributed by atoms with Gasteiger partial charge in [0.2, 0.25) is 0 Å². The van der Waals surface area contributed by atoms with E-state index in [1.165, 1.54) is 23.9 Å². The molecule has 0 saturated carbocycles. The third-order valence-corrected chi connectivity index (χ3v) is 5.14. The van der Waals surface area contributed by atoms with Gasteiger partial charge in [0.25, 0.3) is 0 Å². The number of hydrogen-bond donors (Lipinski definition) is 1. The predicted molar refractivity (Wildman–Crippen MR) is 87.4 cm³/mol. The Bertz CT molecular complexity index is 621. The van der Waals surface area contributed by atoms with E-state index in [1.54, 1.807) is 0 Å². The van der Waals surface area contributed by atoms with E-state index in [0.717, 1.165) is 22.5 Å². The topological polar surface area (TPSA) is 26.0 Å². The summed E-state index contributed by atoms with van der Waals surface area (Å²) in [6, 6.07) is 11.3. The summed E-state index contributed by atoms with van der Waals surface area (Å²) in [7, 11) is 0. The second kappa shape index (κ2) is 7.38. The Morgan fingerprint density at radius 1 is 1.19 bits per heavy atom. The minimum Gasteiger partial charge on any atom is -0.326 e. The lowest BCUT2D eigenvalue weighted by Gasteiger charge is -2.23. The maximum Gasteiger partial charge on any atom is 0.139 e. The number of hydrogen-bond acceptors (Lipinski definition) is 2. The monoisotopic (exact) mass is 371 g/mol. The van der Waals surface area contributed by atoms with Crippen LogP contribution in [0.4, 0.5) is 8.78 Å². The van der Waals surface area contributed by atoms with Crippen LogP contribution in [0.2, 0.25) is 0 Å². The SMILES string of the molecule is CCC(N)C(Sc1ccc(F)cc1F)c1cccc(Br)c1. The van der Waals surface area contributed by atoms with E-state index < -0.39 is 11.6 Å². The maximum atomic E-state index is 13.9.